The molecule has 3 N–H and O–H groups in total. The van der Waals surface area contributed by atoms with Crippen molar-refractivity contribution in [2.45, 2.75) is 6.18 Å². The predicted molar refractivity (Wildman–Crippen MR) is 70.2 cm³/mol. The molecule has 2 aromatic carbocycles. The number of nitrogens with one attached hydrogen (secondary N) is 1. The maximum absolute atomic E-state index is 13.5. The number of benzene rings is 2. The lowest BCUT2D eigenvalue weighted by molar-refractivity contribution is -0.138. The van der Waals surface area contributed by atoms with Crippen LogP contribution in [-0.4, -0.2) is 5.91 Å². The minimum absolute atomic E-state index is 0.0910. The number of carbonyl (C=O) groups excluding carboxylic acids is 1. The zero-order valence-electron chi connectivity index (χ0n) is 10.8. The molecule has 0 spiro atoms. The van der Waals surface area contributed by atoms with E-state index in [1.165, 1.54) is 6.07 Å². The molecule has 0 aliphatic rings. The molecule has 0 aliphatic carbocycles. The molecule has 0 unspecified atom stereocenters. The molecule has 22 heavy (non-hydrogen) atoms. The van der Waals surface area contributed by atoms with Crippen molar-refractivity contribution < 1.29 is 26.7 Å². The number of nitrogen functional groups attached to an aromatic ring is 1. The van der Waals surface area contributed by atoms with Crippen LogP contribution in [0.4, 0.5) is 33.3 Å². The third-order valence-electron chi connectivity index (χ3n) is 2.77. The fourth-order valence-corrected chi connectivity index (χ4v) is 1.77. The van der Waals surface area contributed by atoms with Crippen molar-refractivity contribution in [1.82, 2.24) is 0 Å². The summed E-state index contributed by atoms with van der Waals surface area (Å²) in [6, 6.07) is 4.89. The molecule has 0 heterocycles. The highest BCUT2D eigenvalue weighted by Crippen LogP contribution is 2.33. The molecule has 0 saturated heterocycles. The van der Waals surface area contributed by atoms with Gasteiger partial charge in [-0.2, -0.15) is 13.2 Å². The summed E-state index contributed by atoms with van der Waals surface area (Å²) in [5.41, 5.74) is 2.82. The van der Waals surface area contributed by atoms with Crippen LogP contribution >= 0.6 is 0 Å². The molecule has 2 rings (SSSR count). The summed E-state index contributed by atoms with van der Waals surface area (Å²) in [6.45, 7) is 0. The van der Waals surface area contributed by atoms with E-state index in [4.69, 9.17) is 5.73 Å². The van der Waals surface area contributed by atoms with E-state index in [9.17, 15) is 26.7 Å². The topological polar surface area (TPSA) is 55.1 Å². The molecule has 0 aromatic heterocycles. The number of alkyl halides is 3. The molecule has 0 bridgehead atoms. The first-order chi connectivity index (χ1) is 10.2. The van der Waals surface area contributed by atoms with Gasteiger partial charge in [0, 0.05) is 5.69 Å². The molecule has 0 atom stereocenters. The van der Waals surface area contributed by atoms with Crippen LogP contribution in [0.5, 0.6) is 0 Å². The molecule has 3 nitrogen and oxygen atoms in total. The molecule has 1 amide bonds. The average Bonchev–Trinajstić information content (AvgIpc) is 2.40. The van der Waals surface area contributed by atoms with E-state index in [2.05, 4.69) is 0 Å². The lowest BCUT2D eigenvalue weighted by atomic mass is 10.1. The van der Waals surface area contributed by atoms with Crippen molar-refractivity contribution in [3.05, 3.63) is 59.2 Å². The van der Waals surface area contributed by atoms with Crippen molar-refractivity contribution in [2.75, 3.05) is 11.1 Å². The van der Waals surface area contributed by atoms with E-state index >= 15 is 0 Å². The summed E-state index contributed by atoms with van der Waals surface area (Å²) < 4.78 is 65.0. The van der Waals surface area contributed by atoms with Gasteiger partial charge >= 0.3 is 6.18 Å². The Morgan fingerprint density at radius 1 is 1.05 bits per heavy atom. The Morgan fingerprint density at radius 3 is 2.32 bits per heavy atom. The first-order valence-corrected chi connectivity index (χ1v) is 5.91. The van der Waals surface area contributed by atoms with Crippen LogP contribution < -0.4 is 11.1 Å². The van der Waals surface area contributed by atoms with Gasteiger partial charge in [-0.15, -0.1) is 0 Å². The number of hydrogen-bond acceptors (Lipinski definition) is 2. The van der Waals surface area contributed by atoms with Crippen molar-refractivity contribution in [3.8, 4) is 0 Å². The van der Waals surface area contributed by atoms with Crippen LogP contribution in [0.15, 0.2) is 36.4 Å². The summed E-state index contributed by atoms with van der Waals surface area (Å²) in [5, 5.41) is 1.99. The van der Waals surface area contributed by atoms with E-state index in [-0.39, 0.29) is 17.4 Å². The SMILES string of the molecule is Nc1ccc(NC(=O)c2ccc(F)cc2C(F)(F)F)c(F)c1. The molecule has 0 radical (unpaired) electrons. The average molecular weight is 316 g/mol. The highest BCUT2D eigenvalue weighted by molar-refractivity contribution is 6.05. The summed E-state index contributed by atoms with van der Waals surface area (Å²) in [7, 11) is 0. The highest BCUT2D eigenvalue weighted by Gasteiger charge is 2.35. The molecular weight excluding hydrogens is 307 g/mol. The first-order valence-electron chi connectivity index (χ1n) is 5.91. The van der Waals surface area contributed by atoms with Gasteiger partial charge in [-0.25, -0.2) is 8.78 Å². The largest absolute Gasteiger partial charge is 0.417 e. The fourth-order valence-electron chi connectivity index (χ4n) is 1.77. The van der Waals surface area contributed by atoms with Crippen LogP contribution in [0, 0.1) is 11.6 Å². The monoisotopic (exact) mass is 316 g/mol. The Hall–Kier alpha value is -2.64. The highest BCUT2D eigenvalue weighted by atomic mass is 19.4. The van der Waals surface area contributed by atoms with E-state index in [1.807, 2.05) is 5.32 Å². The number of nitrogens with two attached hydrogens (primary N) is 1. The molecule has 116 valence electrons. The summed E-state index contributed by atoms with van der Waals surface area (Å²) >= 11 is 0. The summed E-state index contributed by atoms with van der Waals surface area (Å²) in [5.74, 6) is -3.25. The van der Waals surface area contributed by atoms with E-state index < -0.39 is 34.8 Å². The first kappa shape index (κ1) is 15.7. The van der Waals surface area contributed by atoms with Crippen LogP contribution in [0.1, 0.15) is 15.9 Å². The second kappa shape index (κ2) is 5.63. The van der Waals surface area contributed by atoms with Crippen molar-refractivity contribution in [1.29, 1.82) is 0 Å². The van der Waals surface area contributed by atoms with Gasteiger partial charge in [0.1, 0.15) is 11.6 Å². The third-order valence-corrected chi connectivity index (χ3v) is 2.77. The Bertz CT molecular complexity index is 728. The normalized spacial score (nSPS) is 11.3. The Labute approximate surface area is 121 Å². The fraction of sp³-hybridized carbons (Fsp3) is 0.0714. The molecule has 2 aromatic rings. The summed E-state index contributed by atoms with van der Waals surface area (Å²) in [6.07, 6.45) is -4.92. The Morgan fingerprint density at radius 2 is 1.73 bits per heavy atom. The number of halogens is 5. The number of rotatable bonds is 2. The molecule has 0 aliphatic heterocycles. The molecule has 8 heteroatoms. The number of carbonyl (C=O) groups is 1. The van der Waals surface area contributed by atoms with Crippen molar-refractivity contribution in [3.63, 3.8) is 0 Å². The van der Waals surface area contributed by atoms with Gasteiger partial charge < -0.3 is 11.1 Å². The second-order valence-corrected chi connectivity index (χ2v) is 4.38. The maximum Gasteiger partial charge on any atom is 0.417 e. The van der Waals surface area contributed by atoms with Gasteiger partial charge in [0.15, 0.2) is 0 Å². The summed E-state index contributed by atoms with van der Waals surface area (Å²) in [4.78, 5) is 11.9. The lowest BCUT2D eigenvalue weighted by Crippen LogP contribution is -2.19. The van der Waals surface area contributed by atoms with E-state index in [0.717, 1.165) is 12.1 Å². The molecule has 0 saturated carbocycles. The quantitative estimate of drug-likeness (QED) is 0.654. The Balaban J connectivity index is 2.38. The number of hydrogen-bond donors (Lipinski definition) is 2. The van der Waals surface area contributed by atoms with Crippen molar-refractivity contribution >= 4 is 17.3 Å². The zero-order chi connectivity index (χ0) is 16.5. The van der Waals surface area contributed by atoms with E-state index in [0.29, 0.717) is 12.1 Å². The lowest BCUT2D eigenvalue weighted by Gasteiger charge is -2.13. The second-order valence-electron chi connectivity index (χ2n) is 4.38. The van der Waals surface area contributed by atoms with Gasteiger partial charge in [-0.3, -0.25) is 4.79 Å². The Kier molecular flexibility index (Phi) is 4.03. The number of anilines is 2. The van der Waals surface area contributed by atoms with Gasteiger partial charge in [0.05, 0.1) is 16.8 Å². The standard InChI is InChI=1S/C14H9F5N2O/c15-7-1-3-9(10(5-7)14(17,18)19)13(22)21-12-4-2-8(20)6-11(12)16/h1-6H,20H2,(H,21,22). The minimum Gasteiger partial charge on any atom is -0.399 e. The predicted octanol–water partition coefficient (Wildman–Crippen LogP) is 3.82. The molecular formula is C14H9F5N2O. The minimum atomic E-state index is -4.92. The van der Waals surface area contributed by atoms with Crippen LogP contribution in [-0.2, 0) is 6.18 Å². The van der Waals surface area contributed by atoms with Crippen LogP contribution in [0.3, 0.4) is 0 Å². The van der Waals surface area contributed by atoms with Crippen LogP contribution in [0.25, 0.3) is 0 Å². The zero-order valence-corrected chi connectivity index (χ0v) is 10.8. The maximum atomic E-state index is 13.5. The van der Waals surface area contributed by atoms with Crippen LogP contribution in [0.2, 0.25) is 0 Å². The van der Waals surface area contributed by atoms with E-state index in [1.54, 1.807) is 0 Å². The van der Waals surface area contributed by atoms with Gasteiger partial charge in [0.2, 0.25) is 0 Å². The van der Waals surface area contributed by atoms with Crippen molar-refractivity contribution in [2.24, 2.45) is 0 Å². The smallest absolute Gasteiger partial charge is 0.399 e. The van der Waals surface area contributed by atoms with Gasteiger partial charge in [0.25, 0.3) is 5.91 Å². The number of amides is 1. The van der Waals surface area contributed by atoms with Gasteiger partial charge in [-0.05, 0) is 36.4 Å². The molecule has 0 fully saturated rings. The third kappa shape index (κ3) is 3.33. The van der Waals surface area contributed by atoms with Gasteiger partial charge in [-0.1, -0.05) is 0 Å².